The Morgan fingerprint density at radius 1 is 0.393 bits per heavy atom. The van der Waals surface area contributed by atoms with Gasteiger partial charge in [0.15, 0.2) is 23.1 Å². The zero-order valence-corrected chi connectivity index (χ0v) is 34.7. The van der Waals surface area contributed by atoms with Gasteiger partial charge in [-0.2, -0.15) is 0 Å². The molecule has 0 heterocycles. The highest BCUT2D eigenvalue weighted by molar-refractivity contribution is 6.09. The fourth-order valence-corrected chi connectivity index (χ4v) is 4.93. The molecule has 0 aliphatic rings. The number of rotatable bonds is 12. The second kappa shape index (κ2) is 25.8. The number of methoxy groups -OCH3 is 1. The number of hydrogen-bond acceptors (Lipinski definition) is 6. The van der Waals surface area contributed by atoms with Crippen LogP contribution in [-0.4, -0.2) is 18.7 Å². The Morgan fingerprint density at radius 2 is 0.661 bits per heavy atom. The Kier molecular flexibility index (Phi) is 21.2. The second-order valence-electron chi connectivity index (χ2n) is 11.4. The molecule has 0 fully saturated rings. The van der Waals surface area contributed by atoms with E-state index in [-0.39, 0.29) is 11.6 Å². The van der Waals surface area contributed by atoms with E-state index in [4.69, 9.17) is 18.9 Å². The third-order valence-corrected chi connectivity index (χ3v) is 7.57. The van der Waals surface area contributed by atoms with Crippen molar-refractivity contribution in [2.24, 2.45) is 0 Å². The van der Waals surface area contributed by atoms with Crippen LogP contribution in [0.15, 0.2) is 146 Å². The monoisotopic (exact) mass is 754 g/mol. The van der Waals surface area contributed by atoms with Crippen molar-refractivity contribution < 1.29 is 28.5 Å². The number of carbonyl (C=O) groups is 2. The van der Waals surface area contributed by atoms with Crippen LogP contribution in [0.2, 0.25) is 0 Å². The van der Waals surface area contributed by atoms with Gasteiger partial charge in [-0.3, -0.25) is 9.59 Å². The molecule has 0 bridgehead atoms. The summed E-state index contributed by atoms with van der Waals surface area (Å²) >= 11 is 0. The summed E-state index contributed by atoms with van der Waals surface area (Å²) in [6.07, 6.45) is 2.18. The molecule has 0 radical (unpaired) electrons. The lowest BCUT2D eigenvalue weighted by molar-refractivity contribution is 0.103. The van der Waals surface area contributed by atoms with Gasteiger partial charge in [0.1, 0.15) is 28.7 Å². The third-order valence-electron chi connectivity index (χ3n) is 7.57. The minimum atomic E-state index is -0.107. The molecule has 0 unspecified atom stereocenters. The Balaban J connectivity index is 0.00000112. The third kappa shape index (κ3) is 13.9. The van der Waals surface area contributed by atoms with Gasteiger partial charge in [-0.1, -0.05) is 105 Å². The lowest BCUT2D eigenvalue weighted by atomic mass is 10.0. The maximum absolute atomic E-state index is 13.1. The van der Waals surface area contributed by atoms with Crippen molar-refractivity contribution in [1.82, 2.24) is 0 Å². The molecule has 0 aromatic heterocycles. The summed E-state index contributed by atoms with van der Waals surface area (Å²) < 4.78 is 23.2. The quantitative estimate of drug-likeness (QED) is 0.116. The van der Waals surface area contributed by atoms with Crippen LogP contribution in [0.1, 0.15) is 106 Å². The number of aryl methyl sites for hydroxylation is 1. The first-order valence-corrected chi connectivity index (χ1v) is 19.7. The van der Waals surface area contributed by atoms with E-state index in [2.05, 4.69) is 20.8 Å². The summed E-state index contributed by atoms with van der Waals surface area (Å²) in [6, 6.07) is 43.4. The normalized spacial score (nSPS) is 9.54. The molecule has 56 heavy (non-hydrogen) atoms. The van der Waals surface area contributed by atoms with Gasteiger partial charge in [-0.05, 0) is 121 Å². The molecule has 294 valence electrons. The molecule has 6 nitrogen and oxygen atoms in total. The van der Waals surface area contributed by atoms with Crippen LogP contribution < -0.4 is 18.9 Å². The van der Waals surface area contributed by atoms with Gasteiger partial charge in [0.25, 0.3) is 0 Å². The summed E-state index contributed by atoms with van der Waals surface area (Å²) in [5, 5.41) is 0. The zero-order chi connectivity index (χ0) is 41.3. The fraction of sp³-hybridized carbons (Fsp3) is 0.240. The van der Waals surface area contributed by atoms with E-state index in [1.165, 1.54) is 12.0 Å². The number of para-hydroxylation sites is 2. The Morgan fingerprint density at radius 3 is 0.964 bits per heavy atom. The molecular formula is C50H58O6. The molecule has 6 aromatic carbocycles. The van der Waals surface area contributed by atoms with E-state index in [0.29, 0.717) is 62.5 Å². The van der Waals surface area contributed by atoms with Crippen molar-refractivity contribution >= 4 is 11.6 Å². The van der Waals surface area contributed by atoms with Crippen LogP contribution in [0.3, 0.4) is 0 Å². The Hall–Kier alpha value is -6.14. The smallest absolute Gasteiger partial charge is 0.193 e. The summed E-state index contributed by atoms with van der Waals surface area (Å²) in [5.41, 5.74) is 3.55. The molecule has 6 rings (SSSR count). The largest absolute Gasteiger partial charge is 0.493 e. The van der Waals surface area contributed by atoms with Crippen molar-refractivity contribution in [1.29, 1.82) is 0 Å². The van der Waals surface area contributed by atoms with Gasteiger partial charge >= 0.3 is 0 Å². The number of benzene rings is 6. The van der Waals surface area contributed by atoms with Crippen LogP contribution in [0.5, 0.6) is 40.2 Å². The van der Waals surface area contributed by atoms with E-state index in [9.17, 15) is 9.59 Å². The lowest BCUT2D eigenvalue weighted by Crippen LogP contribution is -2.01. The predicted octanol–water partition coefficient (Wildman–Crippen LogP) is 14.6. The van der Waals surface area contributed by atoms with Crippen LogP contribution in [0, 0.1) is 0 Å². The first kappa shape index (κ1) is 46.0. The van der Waals surface area contributed by atoms with Gasteiger partial charge in [0, 0.05) is 22.3 Å². The highest BCUT2D eigenvalue weighted by Crippen LogP contribution is 2.32. The minimum Gasteiger partial charge on any atom is -0.493 e. The molecule has 0 atom stereocenters. The molecule has 6 aromatic rings. The standard InChI is InChI=1S/C41H32O6.C3H8.3C2H6/c1-3-28-8-10-29(11-9-28)40(42)30-12-18-33(19-13-30)45-35-24-26-36(27-25-35)46-34-20-14-31(15-21-34)41(43)32-16-22-37(23-17-32)47-39-7-5-4-6-38(39)44-2;1-3-2;3*1-2/h4-27H,3H2,1-2H3;3H2,1-2H3;3*1-2H3. The second-order valence-corrected chi connectivity index (χ2v) is 11.4. The van der Waals surface area contributed by atoms with E-state index >= 15 is 0 Å². The fourth-order valence-electron chi connectivity index (χ4n) is 4.93. The summed E-state index contributed by atoms with van der Waals surface area (Å²) in [4.78, 5) is 25.9. The topological polar surface area (TPSA) is 71.1 Å². The van der Waals surface area contributed by atoms with Gasteiger partial charge in [-0.25, -0.2) is 0 Å². The number of carbonyl (C=O) groups excluding carboxylic acids is 2. The average molecular weight is 755 g/mol. The van der Waals surface area contributed by atoms with Crippen molar-refractivity contribution in [3.63, 3.8) is 0 Å². The summed E-state index contributed by atoms with van der Waals surface area (Å²) in [7, 11) is 1.59. The van der Waals surface area contributed by atoms with Gasteiger partial charge in [0.05, 0.1) is 7.11 Å². The molecule has 0 saturated carbocycles. The van der Waals surface area contributed by atoms with E-state index in [1.54, 1.807) is 92.0 Å². The number of hydrogen-bond donors (Lipinski definition) is 0. The van der Waals surface area contributed by atoms with Crippen molar-refractivity contribution in [2.45, 2.75) is 75.2 Å². The lowest BCUT2D eigenvalue weighted by Gasteiger charge is -2.10. The molecule has 6 heteroatoms. The maximum Gasteiger partial charge on any atom is 0.193 e. The average Bonchev–Trinajstić information content (AvgIpc) is 3.27. The number of ketones is 2. The molecule has 0 N–H and O–H groups in total. The number of ether oxygens (including phenoxy) is 4. The van der Waals surface area contributed by atoms with Gasteiger partial charge in [-0.15, -0.1) is 0 Å². The highest BCUT2D eigenvalue weighted by atomic mass is 16.5. The summed E-state index contributed by atoms with van der Waals surface area (Å²) in [6.45, 7) is 18.3. The van der Waals surface area contributed by atoms with Crippen LogP contribution in [0.25, 0.3) is 0 Å². The van der Waals surface area contributed by atoms with Crippen LogP contribution in [-0.2, 0) is 6.42 Å². The Bertz CT molecular complexity index is 1980. The highest BCUT2D eigenvalue weighted by Gasteiger charge is 2.12. The van der Waals surface area contributed by atoms with Crippen molar-refractivity contribution in [3.8, 4) is 40.2 Å². The molecule has 0 aliphatic carbocycles. The van der Waals surface area contributed by atoms with Crippen LogP contribution in [0.4, 0.5) is 0 Å². The summed E-state index contributed by atoms with van der Waals surface area (Å²) in [5.74, 6) is 4.17. The predicted molar refractivity (Wildman–Crippen MR) is 232 cm³/mol. The van der Waals surface area contributed by atoms with Crippen molar-refractivity contribution in [2.75, 3.05) is 7.11 Å². The minimum absolute atomic E-state index is 0.0249. The van der Waals surface area contributed by atoms with Gasteiger partial charge < -0.3 is 18.9 Å². The SMILES string of the molecule is CC.CC.CC.CCC.CCc1ccc(C(=O)c2ccc(Oc3ccc(Oc4ccc(C(=O)c5ccc(Oc6ccccc6OC)cc5)cc4)cc3)cc2)cc1. The molecule has 0 amide bonds. The molecule has 0 saturated heterocycles. The maximum atomic E-state index is 13.1. The van der Waals surface area contributed by atoms with E-state index in [0.717, 1.165) is 6.42 Å². The molecular weight excluding hydrogens is 697 g/mol. The molecule has 0 aliphatic heterocycles. The zero-order valence-electron chi connectivity index (χ0n) is 34.7. The van der Waals surface area contributed by atoms with Crippen molar-refractivity contribution in [3.05, 3.63) is 173 Å². The first-order valence-electron chi connectivity index (χ1n) is 19.7. The van der Waals surface area contributed by atoms with E-state index < -0.39 is 0 Å². The van der Waals surface area contributed by atoms with Crippen LogP contribution >= 0.6 is 0 Å². The van der Waals surface area contributed by atoms with Gasteiger partial charge in [0.2, 0.25) is 0 Å². The van der Waals surface area contributed by atoms with E-state index in [1.807, 2.05) is 102 Å². The Labute approximate surface area is 335 Å². The molecule has 0 spiro atoms. The first-order chi connectivity index (χ1) is 27.4.